The molecule has 1 atom stereocenters. The van der Waals surface area contributed by atoms with Crippen molar-refractivity contribution in [2.24, 2.45) is 0 Å². The van der Waals surface area contributed by atoms with Gasteiger partial charge in [-0.15, -0.1) is 0 Å². The zero-order chi connectivity index (χ0) is 2.71. The molecule has 0 saturated carbocycles. The van der Waals surface area contributed by atoms with Crippen molar-refractivity contribution in [3.05, 3.63) is 0 Å². The molecule has 0 spiro atoms. The summed E-state index contributed by atoms with van der Waals surface area (Å²) in [4.78, 5) is 8.46. The van der Waals surface area contributed by atoms with Gasteiger partial charge in [0.05, 0.1) is 0 Å². The van der Waals surface area contributed by atoms with E-state index in [-0.39, 0.29) is 56.9 Å². The van der Waals surface area contributed by atoms with Gasteiger partial charge in [0.2, 0.25) is 0 Å². The van der Waals surface area contributed by atoms with Gasteiger partial charge in [0.1, 0.15) is 0 Å². The molecule has 0 fully saturated rings. The van der Waals surface area contributed by atoms with E-state index in [1.54, 1.807) is 0 Å². The smallest absolute Gasteiger partial charge is 0.804 e. The van der Waals surface area contributed by atoms with Crippen LogP contribution in [0.4, 0.5) is 0 Å². The summed E-state index contributed by atoms with van der Waals surface area (Å²) >= 11 is 0. The van der Waals surface area contributed by atoms with Crippen molar-refractivity contribution in [1.82, 2.24) is 0 Å². The minimum atomic E-state index is -1.75. The molecule has 0 aromatic heterocycles. The van der Waals surface area contributed by atoms with Gasteiger partial charge in [-0.2, -0.15) is 0 Å². The van der Waals surface area contributed by atoms with Crippen LogP contribution in [0, 0.1) is 0 Å². The summed E-state index contributed by atoms with van der Waals surface area (Å²) in [6, 6.07) is 0. The standard InChI is InChI=1S/K.H3O2P.H2O/c;1-3-2;/h;3H2,(H,1,2);1H2/q+1;;/p-1. The van der Waals surface area contributed by atoms with Crippen LogP contribution in [-0.4, -0.2) is 5.48 Å². The molecule has 3 nitrogen and oxygen atoms in total. The van der Waals surface area contributed by atoms with Gasteiger partial charge in [0, 0.05) is 0 Å². The SMILES string of the molecule is O.O=[PH2][O-].[K+]. The fourth-order valence-corrected chi connectivity index (χ4v) is 0. The monoisotopic (exact) mass is 122 g/mol. The maximum Gasteiger partial charge on any atom is 1.00 e. The van der Waals surface area contributed by atoms with Crippen LogP contribution in [0.1, 0.15) is 0 Å². The second kappa shape index (κ2) is 17.1. The molecule has 1 unspecified atom stereocenters. The molecule has 0 radical (unpaired) electrons. The molecule has 0 aliphatic rings. The molecular weight excluding hydrogens is 118 g/mol. The van der Waals surface area contributed by atoms with Crippen molar-refractivity contribution in [3.8, 4) is 0 Å². The molecule has 0 aliphatic carbocycles. The van der Waals surface area contributed by atoms with E-state index in [1.807, 2.05) is 0 Å². The van der Waals surface area contributed by atoms with Crippen LogP contribution in [0.25, 0.3) is 0 Å². The van der Waals surface area contributed by atoms with Crippen LogP contribution in [-0.2, 0) is 4.57 Å². The van der Waals surface area contributed by atoms with Gasteiger partial charge in [0.15, 0.2) is 0 Å². The zero-order valence-corrected chi connectivity index (χ0v) is 7.17. The Morgan fingerprint density at radius 2 is 1.60 bits per heavy atom. The Labute approximate surface area is 73.8 Å². The number of hydrogen-bond donors (Lipinski definition) is 0. The fraction of sp³-hybridized carbons (Fsp3) is 0. The summed E-state index contributed by atoms with van der Waals surface area (Å²) in [5.74, 6) is 0. The number of hydrogen-bond acceptors (Lipinski definition) is 2. The van der Waals surface area contributed by atoms with Crippen LogP contribution in [0.3, 0.4) is 0 Å². The van der Waals surface area contributed by atoms with Crippen molar-refractivity contribution < 1.29 is 66.3 Å². The first-order valence-electron chi connectivity index (χ1n) is 0.471. The minimum absolute atomic E-state index is 0. The van der Waals surface area contributed by atoms with Crippen molar-refractivity contribution in [2.45, 2.75) is 0 Å². The van der Waals surface area contributed by atoms with E-state index < -0.39 is 8.69 Å². The van der Waals surface area contributed by atoms with Gasteiger partial charge >= 0.3 is 51.4 Å². The number of rotatable bonds is 0. The quantitative estimate of drug-likeness (QED) is 0.239. The molecule has 0 amide bonds. The molecule has 0 bridgehead atoms. The summed E-state index contributed by atoms with van der Waals surface area (Å²) in [7, 11) is -1.75. The maximum atomic E-state index is 8.46. The van der Waals surface area contributed by atoms with Crippen LogP contribution >= 0.6 is 8.69 Å². The van der Waals surface area contributed by atoms with Crippen molar-refractivity contribution >= 4 is 8.69 Å². The van der Waals surface area contributed by atoms with Gasteiger partial charge in [-0.3, -0.25) is 0 Å². The Morgan fingerprint density at radius 3 is 1.60 bits per heavy atom. The Morgan fingerprint density at radius 1 is 1.60 bits per heavy atom. The third kappa shape index (κ3) is 26.0. The molecule has 0 aromatic rings. The first-order chi connectivity index (χ1) is 1.41. The molecule has 0 rings (SSSR count). The van der Waals surface area contributed by atoms with Crippen molar-refractivity contribution in [1.29, 1.82) is 0 Å². The van der Waals surface area contributed by atoms with E-state index in [2.05, 4.69) is 0 Å². The van der Waals surface area contributed by atoms with Crippen LogP contribution in [0.5, 0.6) is 0 Å². The predicted molar refractivity (Wildman–Crippen MR) is 14.0 cm³/mol. The van der Waals surface area contributed by atoms with Crippen molar-refractivity contribution in [2.75, 3.05) is 0 Å². The van der Waals surface area contributed by atoms with Gasteiger partial charge in [0.25, 0.3) is 0 Å². The third-order valence-corrected chi connectivity index (χ3v) is 0. The van der Waals surface area contributed by atoms with Crippen LogP contribution in [0.15, 0.2) is 0 Å². The van der Waals surface area contributed by atoms with Crippen LogP contribution < -0.4 is 56.3 Å². The summed E-state index contributed by atoms with van der Waals surface area (Å²) < 4.78 is 8.46. The molecule has 0 heterocycles. The topological polar surface area (TPSA) is 71.6 Å². The maximum absolute atomic E-state index is 8.46. The second-order valence-electron chi connectivity index (χ2n) is 0.0962. The molecule has 0 aromatic carbocycles. The average molecular weight is 122 g/mol. The Bertz CT molecular complexity index is 14.4. The Balaban J connectivity index is -0.0000000200. The summed E-state index contributed by atoms with van der Waals surface area (Å²) in [5, 5.41) is 0. The van der Waals surface area contributed by atoms with E-state index >= 15 is 0 Å². The van der Waals surface area contributed by atoms with E-state index in [9.17, 15) is 0 Å². The van der Waals surface area contributed by atoms with Gasteiger partial charge in [-0.25, -0.2) is 0 Å². The van der Waals surface area contributed by atoms with E-state index in [4.69, 9.17) is 9.46 Å². The Kier molecular flexibility index (Phi) is 54.1. The van der Waals surface area contributed by atoms with E-state index in [1.165, 1.54) is 0 Å². The van der Waals surface area contributed by atoms with Gasteiger partial charge in [-0.05, 0) is 8.69 Å². The first-order valence-corrected chi connectivity index (χ1v) is 1.41. The average Bonchev–Trinajstić information content (AvgIpc) is 0.918. The van der Waals surface area contributed by atoms with Crippen LogP contribution in [0.2, 0.25) is 0 Å². The minimum Gasteiger partial charge on any atom is -0.804 e. The molecule has 5 heteroatoms. The fourth-order valence-electron chi connectivity index (χ4n) is 0. The summed E-state index contributed by atoms with van der Waals surface area (Å²) in [6.45, 7) is 0. The van der Waals surface area contributed by atoms with E-state index in [0.29, 0.717) is 0 Å². The molecule has 28 valence electrons. The van der Waals surface area contributed by atoms with Gasteiger partial charge < -0.3 is 14.9 Å². The molecule has 0 saturated heterocycles. The summed E-state index contributed by atoms with van der Waals surface area (Å²) in [6.07, 6.45) is 0. The molecule has 2 N–H and O–H groups in total. The summed E-state index contributed by atoms with van der Waals surface area (Å²) in [5.41, 5.74) is 0. The van der Waals surface area contributed by atoms with E-state index in [0.717, 1.165) is 0 Å². The predicted octanol–water partition coefficient (Wildman–Crippen LogP) is -4.80. The third-order valence-electron chi connectivity index (χ3n) is 0. The Hall–Kier alpha value is 1.79. The zero-order valence-electron chi connectivity index (χ0n) is 2.89. The molecule has 0 aliphatic heterocycles. The van der Waals surface area contributed by atoms with Crippen molar-refractivity contribution in [3.63, 3.8) is 0 Å². The molecular formula is H4KO3P. The first kappa shape index (κ1) is 15.8. The molecule has 5 heavy (non-hydrogen) atoms. The normalized spacial score (nSPS) is 5.80. The second-order valence-corrected chi connectivity index (χ2v) is 0.289. The van der Waals surface area contributed by atoms with Gasteiger partial charge in [-0.1, -0.05) is 0 Å². The largest absolute Gasteiger partial charge is 1.00 e.